The summed E-state index contributed by atoms with van der Waals surface area (Å²) in [6.45, 7) is 1.16. The molecule has 1 N–H and O–H groups in total. The second kappa shape index (κ2) is 8.02. The molecule has 0 saturated heterocycles. The molecule has 1 rings (SSSR count). The number of benzene rings is 1. The van der Waals surface area contributed by atoms with Crippen molar-refractivity contribution in [3.05, 3.63) is 29.8 Å². The van der Waals surface area contributed by atoms with Gasteiger partial charge in [0.15, 0.2) is 6.10 Å². The molecule has 0 aromatic heterocycles. The molecule has 1 aromatic rings. The summed E-state index contributed by atoms with van der Waals surface area (Å²) in [5, 5.41) is 2.43. The fourth-order valence-electron chi connectivity index (χ4n) is 1.67. The minimum absolute atomic E-state index is 0.318. The van der Waals surface area contributed by atoms with Gasteiger partial charge in [-0.1, -0.05) is 6.07 Å². The van der Waals surface area contributed by atoms with Crippen molar-refractivity contribution in [1.29, 1.82) is 0 Å². The second-order valence-electron chi connectivity index (χ2n) is 4.78. The molecular weight excluding hydrogens is 288 g/mol. The van der Waals surface area contributed by atoms with Gasteiger partial charge in [0, 0.05) is 19.7 Å². The number of likely N-dealkylation sites (N-methyl/N-ethyl adjacent to an activating group) is 1. The molecule has 120 valence electrons. The topological polar surface area (TPSA) is 84.9 Å². The largest absolute Gasteiger partial charge is 0.497 e. The number of nitrogens with zero attached hydrogens (tertiary/aromatic N) is 1. The minimum Gasteiger partial charge on any atom is -0.497 e. The van der Waals surface area contributed by atoms with Gasteiger partial charge in [-0.15, -0.1) is 0 Å². The number of carbonyl (C=O) groups is 3. The van der Waals surface area contributed by atoms with E-state index in [1.807, 2.05) is 0 Å². The first-order valence-electron chi connectivity index (χ1n) is 6.68. The van der Waals surface area contributed by atoms with Crippen molar-refractivity contribution < 1.29 is 23.9 Å². The van der Waals surface area contributed by atoms with Gasteiger partial charge in [-0.2, -0.15) is 0 Å². The predicted molar refractivity (Wildman–Crippen MR) is 79.6 cm³/mol. The third-order valence-corrected chi connectivity index (χ3v) is 2.82. The third kappa shape index (κ3) is 5.08. The lowest BCUT2D eigenvalue weighted by Crippen LogP contribution is -2.38. The van der Waals surface area contributed by atoms with E-state index in [2.05, 4.69) is 5.32 Å². The Hall–Kier alpha value is -2.57. The fourth-order valence-corrected chi connectivity index (χ4v) is 1.67. The van der Waals surface area contributed by atoms with E-state index in [4.69, 9.17) is 9.47 Å². The molecule has 0 bridgehead atoms. The van der Waals surface area contributed by atoms with E-state index in [9.17, 15) is 14.4 Å². The number of rotatable bonds is 6. The zero-order valence-electron chi connectivity index (χ0n) is 13.1. The lowest BCUT2D eigenvalue weighted by atomic mass is 10.2. The summed E-state index contributed by atoms with van der Waals surface area (Å²) in [5.41, 5.74) is 0.365. The van der Waals surface area contributed by atoms with Gasteiger partial charge in [0.25, 0.3) is 11.8 Å². The Balaban J connectivity index is 2.49. The molecule has 0 unspecified atom stereocenters. The van der Waals surface area contributed by atoms with E-state index in [1.54, 1.807) is 38.4 Å². The highest BCUT2D eigenvalue weighted by Gasteiger charge is 2.19. The van der Waals surface area contributed by atoms with Crippen molar-refractivity contribution in [2.45, 2.75) is 13.0 Å². The van der Waals surface area contributed by atoms with Gasteiger partial charge >= 0.3 is 5.97 Å². The van der Waals surface area contributed by atoms with Gasteiger partial charge in [0.2, 0.25) is 0 Å². The van der Waals surface area contributed by atoms with Crippen molar-refractivity contribution in [1.82, 2.24) is 10.2 Å². The first kappa shape index (κ1) is 17.5. The van der Waals surface area contributed by atoms with E-state index in [1.165, 1.54) is 18.9 Å². The SMILES string of the molecule is COc1cccc(C(=O)NCC(=O)O[C@@H](C)C(=O)N(C)C)c1. The van der Waals surface area contributed by atoms with E-state index >= 15 is 0 Å². The Bertz CT molecular complexity index is 557. The van der Waals surface area contributed by atoms with Crippen LogP contribution in [0, 0.1) is 0 Å². The molecular formula is C15H20N2O5. The normalized spacial score (nSPS) is 11.3. The number of hydrogen-bond donors (Lipinski definition) is 1. The number of methoxy groups -OCH3 is 1. The van der Waals surface area contributed by atoms with Crippen LogP contribution in [0.1, 0.15) is 17.3 Å². The summed E-state index contributed by atoms with van der Waals surface area (Å²) in [5.74, 6) is -0.894. The Morgan fingerprint density at radius 3 is 2.55 bits per heavy atom. The van der Waals surface area contributed by atoms with Crippen LogP contribution in [0.15, 0.2) is 24.3 Å². The van der Waals surface area contributed by atoms with Gasteiger partial charge in [-0.05, 0) is 25.1 Å². The Labute approximate surface area is 129 Å². The smallest absolute Gasteiger partial charge is 0.326 e. The summed E-state index contributed by atoms with van der Waals surface area (Å²) >= 11 is 0. The summed E-state index contributed by atoms with van der Waals surface area (Å²) < 4.78 is 9.95. The Morgan fingerprint density at radius 2 is 1.95 bits per heavy atom. The molecule has 1 aromatic carbocycles. The molecule has 7 heteroatoms. The number of nitrogens with one attached hydrogen (secondary N) is 1. The average molecular weight is 308 g/mol. The zero-order valence-corrected chi connectivity index (χ0v) is 13.1. The van der Waals surface area contributed by atoms with Gasteiger partial charge in [0.1, 0.15) is 12.3 Å². The number of esters is 1. The van der Waals surface area contributed by atoms with Crippen molar-refractivity contribution >= 4 is 17.8 Å². The van der Waals surface area contributed by atoms with Crippen LogP contribution < -0.4 is 10.1 Å². The Kier molecular flexibility index (Phi) is 6.37. The van der Waals surface area contributed by atoms with E-state index in [0.29, 0.717) is 11.3 Å². The molecule has 2 amide bonds. The third-order valence-electron chi connectivity index (χ3n) is 2.82. The average Bonchev–Trinajstić information content (AvgIpc) is 2.51. The van der Waals surface area contributed by atoms with Crippen molar-refractivity contribution in [2.75, 3.05) is 27.7 Å². The first-order chi connectivity index (χ1) is 10.3. The Morgan fingerprint density at radius 1 is 1.27 bits per heavy atom. The number of amides is 2. The van der Waals surface area contributed by atoms with Crippen LogP contribution in [0.25, 0.3) is 0 Å². The summed E-state index contributed by atoms with van der Waals surface area (Å²) in [6, 6.07) is 6.53. The van der Waals surface area contributed by atoms with Gasteiger partial charge in [0.05, 0.1) is 7.11 Å². The molecule has 0 radical (unpaired) electrons. The quantitative estimate of drug-likeness (QED) is 0.771. The van der Waals surface area contributed by atoms with Crippen LogP contribution in [0.2, 0.25) is 0 Å². The first-order valence-corrected chi connectivity index (χ1v) is 6.68. The minimum atomic E-state index is -0.892. The maximum Gasteiger partial charge on any atom is 0.326 e. The highest BCUT2D eigenvalue weighted by Crippen LogP contribution is 2.12. The molecule has 1 atom stereocenters. The fraction of sp³-hybridized carbons (Fsp3) is 0.400. The number of ether oxygens (including phenoxy) is 2. The standard InChI is InChI=1S/C15H20N2O5/c1-10(15(20)17(2)3)22-13(18)9-16-14(19)11-6-5-7-12(8-11)21-4/h5-8,10H,9H2,1-4H3,(H,16,19)/t10-/m0/s1. The van der Waals surface area contributed by atoms with Crippen LogP contribution >= 0.6 is 0 Å². The highest BCUT2D eigenvalue weighted by atomic mass is 16.5. The monoisotopic (exact) mass is 308 g/mol. The van der Waals surface area contributed by atoms with Gasteiger partial charge in [-0.3, -0.25) is 14.4 Å². The van der Waals surface area contributed by atoms with Crippen LogP contribution in [-0.4, -0.2) is 56.5 Å². The van der Waals surface area contributed by atoms with Crippen molar-refractivity contribution in [3.63, 3.8) is 0 Å². The van der Waals surface area contributed by atoms with Crippen LogP contribution in [0.4, 0.5) is 0 Å². The summed E-state index contributed by atoms with van der Waals surface area (Å²) in [6.07, 6.45) is -0.892. The van der Waals surface area contributed by atoms with Crippen LogP contribution in [0.5, 0.6) is 5.75 Å². The molecule has 0 aliphatic rings. The molecule has 22 heavy (non-hydrogen) atoms. The molecule has 0 aliphatic carbocycles. The van der Waals surface area contributed by atoms with Crippen molar-refractivity contribution in [2.24, 2.45) is 0 Å². The molecule has 0 heterocycles. The second-order valence-corrected chi connectivity index (χ2v) is 4.78. The maximum absolute atomic E-state index is 11.9. The van der Waals surface area contributed by atoms with E-state index in [-0.39, 0.29) is 12.5 Å². The number of carbonyl (C=O) groups excluding carboxylic acids is 3. The van der Waals surface area contributed by atoms with Crippen LogP contribution in [-0.2, 0) is 14.3 Å². The molecule has 0 saturated carbocycles. The molecule has 0 aliphatic heterocycles. The van der Waals surface area contributed by atoms with Gasteiger partial charge in [-0.25, -0.2) is 0 Å². The number of hydrogen-bond acceptors (Lipinski definition) is 5. The zero-order chi connectivity index (χ0) is 16.7. The van der Waals surface area contributed by atoms with E-state index < -0.39 is 18.0 Å². The highest BCUT2D eigenvalue weighted by molar-refractivity contribution is 5.96. The molecule has 0 fully saturated rings. The predicted octanol–water partition coefficient (Wildman–Crippen LogP) is 0.445. The molecule has 0 spiro atoms. The van der Waals surface area contributed by atoms with Gasteiger partial charge < -0.3 is 19.7 Å². The summed E-state index contributed by atoms with van der Waals surface area (Å²) in [7, 11) is 4.63. The van der Waals surface area contributed by atoms with Crippen LogP contribution in [0.3, 0.4) is 0 Å². The lowest BCUT2D eigenvalue weighted by Gasteiger charge is -2.17. The summed E-state index contributed by atoms with van der Waals surface area (Å²) in [4.78, 5) is 36.4. The maximum atomic E-state index is 11.9. The van der Waals surface area contributed by atoms with Crippen molar-refractivity contribution in [3.8, 4) is 5.75 Å². The van der Waals surface area contributed by atoms with E-state index in [0.717, 1.165) is 0 Å². The molecule has 7 nitrogen and oxygen atoms in total. The lowest BCUT2D eigenvalue weighted by molar-refractivity contribution is -0.157.